The summed E-state index contributed by atoms with van der Waals surface area (Å²) in [6, 6.07) is 10.9. The van der Waals surface area contributed by atoms with E-state index in [0.717, 1.165) is 0 Å². The van der Waals surface area contributed by atoms with Crippen molar-refractivity contribution in [2.24, 2.45) is 5.92 Å². The number of hydrogen-bond donors (Lipinski definition) is 1. The summed E-state index contributed by atoms with van der Waals surface area (Å²) >= 11 is 0. The molecule has 0 unspecified atom stereocenters. The van der Waals surface area contributed by atoms with Crippen molar-refractivity contribution in [3.8, 4) is 6.07 Å². The zero-order valence-corrected chi connectivity index (χ0v) is 14.0. The zero-order chi connectivity index (χ0) is 19.1. The molecule has 0 bridgehead atoms. The molecule has 2 aromatic rings. The first-order chi connectivity index (χ1) is 13.0. The predicted octanol–water partition coefficient (Wildman–Crippen LogP) is 4.20. The monoisotopic (exact) mass is 362 g/mol. The molecule has 3 atom stereocenters. The first kappa shape index (κ1) is 16.7. The normalized spacial score (nSPS) is 22.3. The maximum absolute atomic E-state index is 11.5. The average Bonchev–Trinajstić information content (AvgIpc) is 3.16. The van der Waals surface area contributed by atoms with Crippen LogP contribution >= 0.6 is 0 Å². The van der Waals surface area contributed by atoms with Gasteiger partial charge in [-0.05, 0) is 17.9 Å². The Morgan fingerprint density at radius 1 is 1.11 bits per heavy atom. The largest absolute Gasteiger partial charge is 0.376 e. The van der Waals surface area contributed by atoms with Crippen molar-refractivity contribution >= 4 is 17.1 Å². The fourth-order valence-corrected chi connectivity index (χ4v) is 4.10. The number of nitrogens with zero attached hydrogens (tertiary/aromatic N) is 3. The molecule has 0 aromatic heterocycles. The van der Waals surface area contributed by atoms with Crippen LogP contribution in [0.1, 0.15) is 35.1 Å². The summed E-state index contributed by atoms with van der Waals surface area (Å²) in [6.45, 7) is 0. The zero-order valence-electron chi connectivity index (χ0n) is 14.0. The van der Waals surface area contributed by atoms with Gasteiger partial charge in [0.1, 0.15) is 6.07 Å². The van der Waals surface area contributed by atoms with Crippen LogP contribution in [0.25, 0.3) is 0 Å². The van der Waals surface area contributed by atoms with Gasteiger partial charge in [-0.25, -0.2) is 0 Å². The Morgan fingerprint density at radius 2 is 1.89 bits per heavy atom. The van der Waals surface area contributed by atoms with Gasteiger partial charge in [0.2, 0.25) is 0 Å². The van der Waals surface area contributed by atoms with Crippen molar-refractivity contribution in [1.29, 1.82) is 5.26 Å². The molecule has 4 rings (SSSR count). The van der Waals surface area contributed by atoms with E-state index in [0.29, 0.717) is 23.2 Å². The van der Waals surface area contributed by atoms with Crippen LogP contribution in [0.15, 0.2) is 48.6 Å². The Hall–Kier alpha value is -3.73. The van der Waals surface area contributed by atoms with Crippen molar-refractivity contribution < 1.29 is 9.85 Å². The van der Waals surface area contributed by atoms with E-state index >= 15 is 0 Å². The first-order valence-electron chi connectivity index (χ1n) is 8.40. The summed E-state index contributed by atoms with van der Waals surface area (Å²) in [6.07, 6.45) is 4.65. The van der Waals surface area contributed by atoms with Gasteiger partial charge in [0, 0.05) is 24.1 Å². The van der Waals surface area contributed by atoms with Gasteiger partial charge in [-0.1, -0.05) is 30.4 Å². The molecule has 0 radical (unpaired) electrons. The molecule has 0 saturated carbocycles. The summed E-state index contributed by atoms with van der Waals surface area (Å²) in [7, 11) is 0. The number of nitro benzene ring substituents is 2. The number of anilines is 1. The number of hydrogen-bond acceptors (Lipinski definition) is 6. The molecule has 1 heterocycles. The molecule has 1 aliphatic heterocycles. The molecule has 2 aliphatic rings. The molecule has 8 nitrogen and oxygen atoms in total. The van der Waals surface area contributed by atoms with Crippen LogP contribution in [0.2, 0.25) is 0 Å². The molecule has 0 spiro atoms. The number of non-ortho nitro benzene ring substituents is 1. The van der Waals surface area contributed by atoms with Crippen molar-refractivity contribution in [2.45, 2.75) is 18.4 Å². The average molecular weight is 362 g/mol. The summed E-state index contributed by atoms with van der Waals surface area (Å²) in [5.74, 6) is -0.162. The molecule has 1 N–H and O–H groups in total. The topological polar surface area (TPSA) is 122 Å². The molecule has 0 amide bonds. The number of nitriles is 1. The lowest BCUT2D eigenvalue weighted by Crippen LogP contribution is -2.30. The lowest BCUT2D eigenvalue weighted by Gasteiger charge is -2.37. The number of nitrogens with one attached hydrogen (secondary N) is 1. The van der Waals surface area contributed by atoms with Crippen molar-refractivity contribution in [2.75, 3.05) is 5.32 Å². The second-order valence-electron chi connectivity index (χ2n) is 6.62. The lowest BCUT2D eigenvalue weighted by molar-refractivity contribution is -0.385. The van der Waals surface area contributed by atoms with Crippen LogP contribution in [0.5, 0.6) is 0 Å². The Morgan fingerprint density at radius 3 is 2.59 bits per heavy atom. The minimum Gasteiger partial charge on any atom is -0.376 e. The van der Waals surface area contributed by atoms with E-state index in [2.05, 4.69) is 5.32 Å². The highest BCUT2D eigenvalue weighted by Gasteiger charge is 2.41. The number of nitro groups is 2. The van der Waals surface area contributed by atoms with Gasteiger partial charge in [-0.15, -0.1) is 0 Å². The Kier molecular flexibility index (Phi) is 3.85. The van der Waals surface area contributed by atoms with E-state index in [-0.39, 0.29) is 34.8 Å². The van der Waals surface area contributed by atoms with Crippen LogP contribution in [0.4, 0.5) is 17.1 Å². The number of para-hydroxylation sites is 1. The number of allylic oxidation sites excluding steroid dienone is 2. The highest BCUT2D eigenvalue weighted by atomic mass is 16.6. The van der Waals surface area contributed by atoms with Gasteiger partial charge in [0.15, 0.2) is 0 Å². The third kappa shape index (κ3) is 2.60. The summed E-state index contributed by atoms with van der Waals surface area (Å²) < 4.78 is 0. The minimum atomic E-state index is -0.511. The van der Waals surface area contributed by atoms with Crippen LogP contribution in [-0.4, -0.2) is 9.85 Å². The molecule has 134 valence electrons. The standard InChI is InChI=1S/C19H14N4O4/c20-10-11-8-12(22(24)25)9-16-13-5-3-6-14(13)19(21-18(11)16)15-4-1-2-7-17(15)23(26)27/h1-5,7-9,13-14,19,21H,6H2/t13-,14+,19-/m1/s1. The highest BCUT2D eigenvalue weighted by Crippen LogP contribution is 2.52. The molecule has 8 heteroatoms. The van der Waals surface area contributed by atoms with E-state index in [1.807, 2.05) is 18.2 Å². The maximum Gasteiger partial charge on any atom is 0.274 e. The summed E-state index contributed by atoms with van der Waals surface area (Å²) in [5, 5.41) is 35.5. The Labute approximate surface area is 154 Å². The highest BCUT2D eigenvalue weighted by molar-refractivity contribution is 5.71. The molecule has 1 aliphatic carbocycles. The molecular formula is C19H14N4O4. The molecule has 0 fully saturated rings. The quantitative estimate of drug-likeness (QED) is 0.496. The molecular weight excluding hydrogens is 348 g/mol. The van der Waals surface area contributed by atoms with E-state index in [9.17, 15) is 25.5 Å². The van der Waals surface area contributed by atoms with Gasteiger partial charge < -0.3 is 5.32 Å². The SMILES string of the molecule is N#Cc1cc([N+](=O)[O-])cc2c1N[C@@H](c1ccccc1[N+](=O)[O-])[C@H]1CC=C[C@@H]21. The second-order valence-corrected chi connectivity index (χ2v) is 6.62. The third-order valence-electron chi connectivity index (χ3n) is 5.25. The number of benzene rings is 2. The number of fused-ring (bicyclic) bond motifs is 3. The molecule has 0 saturated heterocycles. The second kappa shape index (κ2) is 6.21. The summed E-state index contributed by atoms with van der Waals surface area (Å²) in [5.41, 5.74) is 1.81. The fraction of sp³-hybridized carbons (Fsp3) is 0.211. The van der Waals surface area contributed by atoms with Gasteiger partial charge in [-0.3, -0.25) is 20.2 Å². The molecule has 2 aromatic carbocycles. The van der Waals surface area contributed by atoms with Crippen molar-refractivity contribution in [3.05, 3.63) is 85.5 Å². The lowest BCUT2D eigenvalue weighted by atomic mass is 9.76. The van der Waals surface area contributed by atoms with E-state index in [1.54, 1.807) is 18.2 Å². The van der Waals surface area contributed by atoms with Gasteiger partial charge in [0.25, 0.3) is 11.4 Å². The molecule has 27 heavy (non-hydrogen) atoms. The van der Waals surface area contributed by atoms with Gasteiger partial charge in [-0.2, -0.15) is 5.26 Å². The van der Waals surface area contributed by atoms with Gasteiger partial charge in [0.05, 0.1) is 32.7 Å². The van der Waals surface area contributed by atoms with E-state index in [1.165, 1.54) is 18.2 Å². The smallest absolute Gasteiger partial charge is 0.274 e. The minimum absolute atomic E-state index is 0.0181. The van der Waals surface area contributed by atoms with Crippen molar-refractivity contribution in [3.63, 3.8) is 0 Å². The Balaban J connectivity index is 1.89. The van der Waals surface area contributed by atoms with Crippen LogP contribution < -0.4 is 5.32 Å². The third-order valence-corrected chi connectivity index (χ3v) is 5.25. The van der Waals surface area contributed by atoms with Crippen LogP contribution in [0.3, 0.4) is 0 Å². The Bertz CT molecular complexity index is 1040. The van der Waals surface area contributed by atoms with E-state index in [4.69, 9.17) is 0 Å². The predicted molar refractivity (Wildman–Crippen MR) is 97.3 cm³/mol. The number of rotatable bonds is 3. The summed E-state index contributed by atoms with van der Waals surface area (Å²) in [4.78, 5) is 21.8. The maximum atomic E-state index is 11.5. The van der Waals surface area contributed by atoms with Crippen LogP contribution in [-0.2, 0) is 0 Å². The van der Waals surface area contributed by atoms with Gasteiger partial charge >= 0.3 is 0 Å². The fourth-order valence-electron chi connectivity index (χ4n) is 4.10. The first-order valence-corrected chi connectivity index (χ1v) is 8.40. The van der Waals surface area contributed by atoms with Crippen LogP contribution in [0, 0.1) is 37.5 Å². The van der Waals surface area contributed by atoms with E-state index < -0.39 is 9.85 Å². The van der Waals surface area contributed by atoms with Crippen molar-refractivity contribution in [1.82, 2.24) is 0 Å².